The molecule has 1 aromatic carbocycles. The molecule has 100 valence electrons. The van der Waals surface area contributed by atoms with Crippen molar-refractivity contribution in [2.45, 2.75) is 13.0 Å². The van der Waals surface area contributed by atoms with Gasteiger partial charge in [0.05, 0.1) is 0 Å². The SMILES string of the molecule is CCOC(c1ccccc1)c1nc(O)c(I)c(=O)[nH]1. The van der Waals surface area contributed by atoms with Crippen molar-refractivity contribution in [2.75, 3.05) is 6.61 Å². The fraction of sp³-hybridized carbons (Fsp3) is 0.231. The van der Waals surface area contributed by atoms with E-state index in [0.717, 1.165) is 5.56 Å². The smallest absolute Gasteiger partial charge is 0.268 e. The summed E-state index contributed by atoms with van der Waals surface area (Å²) in [6, 6.07) is 9.43. The van der Waals surface area contributed by atoms with E-state index in [1.54, 1.807) is 22.6 Å². The number of hydrogen-bond donors (Lipinski definition) is 2. The summed E-state index contributed by atoms with van der Waals surface area (Å²) >= 11 is 1.75. The Morgan fingerprint density at radius 2 is 2.11 bits per heavy atom. The Morgan fingerprint density at radius 3 is 2.68 bits per heavy atom. The van der Waals surface area contributed by atoms with Crippen LogP contribution in [0.4, 0.5) is 0 Å². The molecule has 2 N–H and O–H groups in total. The number of halogens is 1. The molecule has 6 heteroatoms. The molecule has 0 aliphatic heterocycles. The minimum Gasteiger partial charge on any atom is -0.492 e. The highest BCUT2D eigenvalue weighted by Gasteiger charge is 2.19. The van der Waals surface area contributed by atoms with Crippen molar-refractivity contribution in [2.24, 2.45) is 0 Å². The molecule has 1 aromatic heterocycles. The second-order valence-corrected chi connectivity index (χ2v) is 4.91. The van der Waals surface area contributed by atoms with Gasteiger partial charge in [0, 0.05) is 6.61 Å². The molecule has 1 atom stereocenters. The quantitative estimate of drug-likeness (QED) is 0.808. The maximum Gasteiger partial charge on any atom is 0.268 e. The number of nitrogens with zero attached hydrogens (tertiary/aromatic N) is 1. The Hall–Kier alpha value is -1.41. The first-order chi connectivity index (χ1) is 9.13. The van der Waals surface area contributed by atoms with E-state index >= 15 is 0 Å². The highest BCUT2D eigenvalue weighted by atomic mass is 127. The van der Waals surface area contributed by atoms with E-state index in [0.29, 0.717) is 12.4 Å². The first kappa shape index (κ1) is 14.0. The average molecular weight is 372 g/mol. The zero-order chi connectivity index (χ0) is 13.8. The van der Waals surface area contributed by atoms with Crippen molar-refractivity contribution in [3.8, 4) is 5.88 Å². The van der Waals surface area contributed by atoms with Gasteiger partial charge < -0.3 is 14.8 Å². The van der Waals surface area contributed by atoms with Gasteiger partial charge in [-0.05, 0) is 35.1 Å². The summed E-state index contributed by atoms with van der Waals surface area (Å²) in [5.74, 6) is 0.0240. The number of H-pyrrole nitrogens is 1. The number of ether oxygens (including phenoxy) is 1. The van der Waals surface area contributed by atoms with E-state index in [2.05, 4.69) is 9.97 Å². The van der Waals surface area contributed by atoms with Gasteiger partial charge in [0.1, 0.15) is 15.5 Å². The molecule has 19 heavy (non-hydrogen) atoms. The normalized spacial score (nSPS) is 12.3. The summed E-state index contributed by atoms with van der Waals surface area (Å²) in [5, 5.41) is 9.65. The molecule has 0 amide bonds. The first-order valence-corrected chi connectivity index (χ1v) is 6.86. The van der Waals surface area contributed by atoms with Crippen LogP contribution in [0.2, 0.25) is 0 Å². The van der Waals surface area contributed by atoms with Crippen LogP contribution in [-0.2, 0) is 4.74 Å². The van der Waals surface area contributed by atoms with Gasteiger partial charge in [-0.2, -0.15) is 4.98 Å². The van der Waals surface area contributed by atoms with E-state index < -0.39 is 6.10 Å². The second-order valence-electron chi connectivity index (χ2n) is 3.83. The summed E-state index contributed by atoms with van der Waals surface area (Å²) in [7, 11) is 0. The van der Waals surface area contributed by atoms with E-state index in [4.69, 9.17) is 4.74 Å². The third-order valence-electron chi connectivity index (χ3n) is 2.55. The van der Waals surface area contributed by atoms with Gasteiger partial charge in [-0.15, -0.1) is 0 Å². The Kier molecular flexibility index (Phi) is 4.54. The van der Waals surface area contributed by atoms with E-state index in [9.17, 15) is 9.90 Å². The summed E-state index contributed by atoms with van der Waals surface area (Å²) in [6.45, 7) is 2.33. The number of rotatable bonds is 4. The summed E-state index contributed by atoms with van der Waals surface area (Å²) in [6.07, 6.45) is -0.498. The van der Waals surface area contributed by atoms with Crippen LogP contribution >= 0.6 is 22.6 Å². The molecule has 0 fully saturated rings. The van der Waals surface area contributed by atoms with Crippen LogP contribution in [0.15, 0.2) is 35.1 Å². The minimum absolute atomic E-state index is 0.171. The van der Waals surface area contributed by atoms with Crippen LogP contribution < -0.4 is 5.56 Å². The molecule has 0 aliphatic rings. The largest absolute Gasteiger partial charge is 0.492 e. The molecule has 0 aliphatic carbocycles. The first-order valence-electron chi connectivity index (χ1n) is 5.78. The van der Waals surface area contributed by atoms with Gasteiger partial charge in [-0.1, -0.05) is 30.3 Å². The fourth-order valence-corrected chi connectivity index (χ4v) is 1.97. The van der Waals surface area contributed by atoms with Crippen molar-refractivity contribution in [1.82, 2.24) is 9.97 Å². The van der Waals surface area contributed by atoms with Crippen molar-refractivity contribution in [3.05, 3.63) is 55.6 Å². The third kappa shape index (κ3) is 3.13. The molecule has 0 saturated heterocycles. The molecule has 1 unspecified atom stereocenters. The molecular weight excluding hydrogens is 359 g/mol. The zero-order valence-electron chi connectivity index (χ0n) is 10.3. The molecule has 2 aromatic rings. The van der Waals surface area contributed by atoms with Crippen LogP contribution in [-0.4, -0.2) is 21.7 Å². The lowest BCUT2D eigenvalue weighted by Crippen LogP contribution is -2.19. The van der Waals surface area contributed by atoms with Crippen LogP contribution in [0, 0.1) is 3.57 Å². The average Bonchev–Trinajstić information content (AvgIpc) is 2.42. The molecule has 1 heterocycles. The minimum atomic E-state index is -0.498. The Balaban J connectivity index is 2.48. The molecule has 0 saturated carbocycles. The number of aromatic hydroxyl groups is 1. The van der Waals surface area contributed by atoms with Gasteiger partial charge in [-0.25, -0.2) is 0 Å². The van der Waals surface area contributed by atoms with Crippen LogP contribution in [0.5, 0.6) is 5.88 Å². The molecule has 0 radical (unpaired) electrons. The lowest BCUT2D eigenvalue weighted by Gasteiger charge is -2.16. The highest BCUT2D eigenvalue weighted by molar-refractivity contribution is 14.1. The monoisotopic (exact) mass is 372 g/mol. The summed E-state index contributed by atoms with van der Waals surface area (Å²) in [4.78, 5) is 18.3. The number of nitrogens with one attached hydrogen (secondary N) is 1. The second kappa shape index (κ2) is 6.16. The lowest BCUT2D eigenvalue weighted by atomic mass is 10.1. The van der Waals surface area contributed by atoms with Gasteiger partial charge in [0.2, 0.25) is 5.88 Å². The van der Waals surface area contributed by atoms with Crippen molar-refractivity contribution >= 4 is 22.6 Å². The van der Waals surface area contributed by atoms with Crippen molar-refractivity contribution < 1.29 is 9.84 Å². The summed E-state index contributed by atoms with van der Waals surface area (Å²) < 4.78 is 5.79. The molecule has 0 spiro atoms. The Morgan fingerprint density at radius 1 is 1.42 bits per heavy atom. The van der Waals surface area contributed by atoms with E-state index in [-0.39, 0.29) is 15.0 Å². The van der Waals surface area contributed by atoms with Gasteiger partial charge >= 0.3 is 0 Å². The Labute approximate surface area is 123 Å². The van der Waals surface area contributed by atoms with Crippen molar-refractivity contribution in [3.63, 3.8) is 0 Å². The van der Waals surface area contributed by atoms with Crippen LogP contribution in [0.1, 0.15) is 24.4 Å². The maximum atomic E-state index is 11.7. The molecule has 5 nitrogen and oxygen atoms in total. The maximum absolute atomic E-state index is 11.7. The number of hydrogen-bond acceptors (Lipinski definition) is 4. The number of aromatic nitrogens is 2. The summed E-state index contributed by atoms with van der Waals surface area (Å²) in [5.41, 5.74) is 0.497. The topological polar surface area (TPSA) is 75.2 Å². The van der Waals surface area contributed by atoms with E-state index in [1.807, 2.05) is 37.3 Å². The molecular formula is C13H13IN2O3. The van der Waals surface area contributed by atoms with E-state index in [1.165, 1.54) is 0 Å². The lowest BCUT2D eigenvalue weighted by molar-refractivity contribution is 0.0843. The number of benzene rings is 1. The number of aromatic amines is 1. The molecule has 2 rings (SSSR count). The predicted octanol–water partition coefficient (Wildman–Crippen LogP) is 2.21. The van der Waals surface area contributed by atoms with Gasteiger partial charge in [0.15, 0.2) is 0 Å². The highest BCUT2D eigenvalue weighted by Crippen LogP contribution is 2.24. The standard InChI is InChI=1S/C13H13IN2O3/c1-2-19-10(8-6-4-3-5-7-8)11-15-12(17)9(14)13(18)16-11/h3-7,10H,2H2,1H3,(H2,15,16,17,18). The third-order valence-corrected chi connectivity index (χ3v) is 3.52. The van der Waals surface area contributed by atoms with Crippen LogP contribution in [0.25, 0.3) is 0 Å². The zero-order valence-corrected chi connectivity index (χ0v) is 12.4. The van der Waals surface area contributed by atoms with Crippen molar-refractivity contribution in [1.29, 1.82) is 0 Å². The fourth-order valence-electron chi connectivity index (χ4n) is 1.72. The molecule has 0 bridgehead atoms. The predicted molar refractivity (Wildman–Crippen MR) is 79.2 cm³/mol. The van der Waals surface area contributed by atoms with Crippen LogP contribution in [0.3, 0.4) is 0 Å². The van der Waals surface area contributed by atoms with Gasteiger partial charge in [0.25, 0.3) is 5.56 Å². The van der Waals surface area contributed by atoms with Gasteiger partial charge in [-0.3, -0.25) is 4.79 Å². The Bertz CT molecular complexity index is 613.